The summed E-state index contributed by atoms with van der Waals surface area (Å²) in [6.45, 7) is 3.64. The first-order valence-corrected chi connectivity index (χ1v) is 11.6. The van der Waals surface area contributed by atoms with Crippen molar-refractivity contribution in [2.24, 2.45) is 11.8 Å². The van der Waals surface area contributed by atoms with Gasteiger partial charge >= 0.3 is 6.03 Å². The van der Waals surface area contributed by atoms with Crippen LogP contribution >= 0.6 is 0 Å². The van der Waals surface area contributed by atoms with E-state index in [1.807, 2.05) is 9.80 Å². The Labute approximate surface area is 183 Å². The maximum atomic E-state index is 13.2. The first-order chi connectivity index (χ1) is 15.1. The van der Waals surface area contributed by atoms with E-state index in [0.29, 0.717) is 49.0 Å². The molecule has 31 heavy (non-hydrogen) atoms. The van der Waals surface area contributed by atoms with Crippen LogP contribution in [0.5, 0.6) is 0 Å². The van der Waals surface area contributed by atoms with E-state index in [2.05, 4.69) is 15.2 Å². The molecule has 0 radical (unpaired) electrons. The number of hydrogen-bond acceptors (Lipinski definition) is 4. The number of aromatic nitrogens is 1. The van der Waals surface area contributed by atoms with Gasteiger partial charge in [0.2, 0.25) is 5.91 Å². The molecule has 166 valence electrons. The Morgan fingerprint density at radius 2 is 1.87 bits per heavy atom. The molecule has 4 amide bonds. The molecule has 4 fully saturated rings. The van der Waals surface area contributed by atoms with Gasteiger partial charge in [0.25, 0.3) is 5.91 Å². The van der Waals surface area contributed by atoms with Crippen molar-refractivity contribution in [2.45, 2.75) is 50.6 Å². The zero-order chi connectivity index (χ0) is 21.4. The van der Waals surface area contributed by atoms with Crippen molar-refractivity contribution in [3.63, 3.8) is 0 Å². The number of fused-ring (bicyclic) bond motifs is 4. The molecule has 0 spiro atoms. The van der Waals surface area contributed by atoms with E-state index in [-0.39, 0.29) is 18.0 Å². The van der Waals surface area contributed by atoms with Crippen LogP contribution in [0.2, 0.25) is 0 Å². The predicted molar refractivity (Wildman–Crippen MR) is 114 cm³/mol. The standard InChI is InChI=1S/C23H31N5O3/c29-21-6-3-5-20-17-12-16(14-28(20)21)13-27(15-17)23(31)26-10-7-18(8-11-26)25-22(30)19-4-1-2-9-24-19/h1-2,4,9,16-18,20H,3,5-8,10-15H2,(H,25,30)/t16-,17-,20-/m1/s1. The van der Waals surface area contributed by atoms with E-state index in [1.165, 1.54) is 0 Å². The molecular formula is C23H31N5O3. The highest BCUT2D eigenvalue weighted by Gasteiger charge is 2.45. The van der Waals surface area contributed by atoms with Crippen LogP contribution in [-0.2, 0) is 4.79 Å². The third-order valence-corrected chi connectivity index (χ3v) is 7.45. The molecule has 2 bridgehead atoms. The average Bonchev–Trinajstić information content (AvgIpc) is 2.80. The molecule has 3 atom stereocenters. The summed E-state index contributed by atoms with van der Waals surface area (Å²) < 4.78 is 0. The predicted octanol–water partition coefficient (Wildman–Crippen LogP) is 1.73. The number of amides is 4. The minimum atomic E-state index is -0.152. The minimum Gasteiger partial charge on any atom is -0.348 e. The summed E-state index contributed by atoms with van der Waals surface area (Å²) in [7, 11) is 0. The van der Waals surface area contributed by atoms with Crippen molar-refractivity contribution in [1.29, 1.82) is 0 Å². The lowest BCUT2D eigenvalue weighted by atomic mass is 9.76. The van der Waals surface area contributed by atoms with E-state index in [1.54, 1.807) is 24.4 Å². The first kappa shape index (κ1) is 20.3. The maximum Gasteiger partial charge on any atom is 0.320 e. The minimum absolute atomic E-state index is 0.0705. The molecule has 1 aromatic heterocycles. The van der Waals surface area contributed by atoms with Gasteiger partial charge < -0.3 is 20.0 Å². The zero-order valence-corrected chi connectivity index (χ0v) is 17.9. The number of rotatable bonds is 2. The van der Waals surface area contributed by atoms with E-state index < -0.39 is 0 Å². The summed E-state index contributed by atoms with van der Waals surface area (Å²) in [4.78, 5) is 48.1. The summed E-state index contributed by atoms with van der Waals surface area (Å²) in [6, 6.07) is 5.82. The second-order valence-corrected chi connectivity index (χ2v) is 9.50. The second-order valence-electron chi connectivity index (χ2n) is 9.50. The van der Waals surface area contributed by atoms with Gasteiger partial charge in [0.1, 0.15) is 5.69 Å². The van der Waals surface area contributed by atoms with Crippen molar-refractivity contribution in [2.75, 3.05) is 32.7 Å². The average molecular weight is 426 g/mol. The third kappa shape index (κ3) is 4.12. The molecule has 5 heterocycles. The van der Waals surface area contributed by atoms with Crippen molar-refractivity contribution >= 4 is 17.8 Å². The molecule has 8 nitrogen and oxygen atoms in total. The summed E-state index contributed by atoms with van der Waals surface area (Å²) in [5, 5.41) is 3.05. The number of hydrogen-bond donors (Lipinski definition) is 1. The van der Waals surface area contributed by atoms with E-state index >= 15 is 0 Å². The van der Waals surface area contributed by atoms with Gasteiger partial charge in [-0.15, -0.1) is 0 Å². The van der Waals surface area contributed by atoms with Crippen LogP contribution in [0.3, 0.4) is 0 Å². The molecule has 0 unspecified atom stereocenters. The van der Waals surface area contributed by atoms with Gasteiger partial charge in [-0.25, -0.2) is 4.79 Å². The van der Waals surface area contributed by atoms with Crippen molar-refractivity contribution in [1.82, 2.24) is 25.0 Å². The maximum absolute atomic E-state index is 13.2. The molecule has 0 aromatic carbocycles. The van der Waals surface area contributed by atoms with Gasteiger partial charge in [-0.1, -0.05) is 6.07 Å². The summed E-state index contributed by atoms with van der Waals surface area (Å²) in [6.07, 6.45) is 7.02. The van der Waals surface area contributed by atoms with Crippen LogP contribution in [0.15, 0.2) is 24.4 Å². The largest absolute Gasteiger partial charge is 0.348 e. The molecule has 1 N–H and O–H groups in total. The highest BCUT2D eigenvalue weighted by Crippen LogP contribution is 2.38. The topological polar surface area (TPSA) is 85.8 Å². The Bertz CT molecular complexity index is 839. The lowest BCUT2D eigenvalue weighted by Crippen LogP contribution is -2.62. The monoisotopic (exact) mass is 425 g/mol. The summed E-state index contributed by atoms with van der Waals surface area (Å²) >= 11 is 0. The second kappa shape index (κ2) is 8.48. The van der Waals surface area contributed by atoms with E-state index in [4.69, 9.17) is 0 Å². The molecule has 4 saturated heterocycles. The Morgan fingerprint density at radius 3 is 2.65 bits per heavy atom. The molecule has 1 aromatic rings. The summed E-state index contributed by atoms with van der Waals surface area (Å²) in [5.74, 6) is 0.966. The van der Waals surface area contributed by atoms with Gasteiger partial charge in [0.05, 0.1) is 0 Å². The van der Waals surface area contributed by atoms with Crippen molar-refractivity contribution in [3.05, 3.63) is 30.1 Å². The van der Waals surface area contributed by atoms with Gasteiger partial charge in [-0.2, -0.15) is 0 Å². The number of pyridine rings is 1. The van der Waals surface area contributed by atoms with Gasteiger partial charge in [0.15, 0.2) is 0 Å². The molecule has 5 rings (SSSR count). The fraction of sp³-hybridized carbons (Fsp3) is 0.652. The fourth-order valence-electron chi connectivity index (χ4n) is 5.94. The van der Waals surface area contributed by atoms with Crippen LogP contribution in [0.1, 0.15) is 49.0 Å². The van der Waals surface area contributed by atoms with E-state index in [0.717, 1.165) is 51.7 Å². The van der Waals surface area contributed by atoms with Crippen LogP contribution in [0.4, 0.5) is 4.79 Å². The molecule has 0 saturated carbocycles. The Balaban J connectivity index is 1.14. The van der Waals surface area contributed by atoms with Crippen LogP contribution in [0.25, 0.3) is 0 Å². The Hall–Kier alpha value is -2.64. The van der Waals surface area contributed by atoms with Gasteiger partial charge in [-0.3, -0.25) is 14.6 Å². The molecule has 0 aliphatic carbocycles. The molecule has 4 aliphatic rings. The van der Waals surface area contributed by atoms with Crippen LogP contribution < -0.4 is 5.32 Å². The van der Waals surface area contributed by atoms with Gasteiger partial charge in [-0.05, 0) is 56.1 Å². The Kier molecular flexibility index (Phi) is 5.54. The third-order valence-electron chi connectivity index (χ3n) is 7.45. The zero-order valence-electron chi connectivity index (χ0n) is 17.9. The van der Waals surface area contributed by atoms with E-state index in [9.17, 15) is 14.4 Å². The highest BCUT2D eigenvalue weighted by atomic mass is 16.2. The smallest absolute Gasteiger partial charge is 0.320 e. The number of carbonyl (C=O) groups excluding carboxylic acids is 3. The quantitative estimate of drug-likeness (QED) is 0.782. The normalized spacial score (nSPS) is 28.8. The highest BCUT2D eigenvalue weighted by molar-refractivity contribution is 5.92. The van der Waals surface area contributed by atoms with Crippen molar-refractivity contribution in [3.8, 4) is 0 Å². The number of nitrogens with zero attached hydrogens (tertiary/aromatic N) is 4. The first-order valence-electron chi connectivity index (χ1n) is 11.6. The summed E-state index contributed by atoms with van der Waals surface area (Å²) in [5.41, 5.74) is 0.427. The fourth-order valence-corrected chi connectivity index (χ4v) is 5.94. The number of carbonyl (C=O) groups is 3. The Morgan fingerprint density at radius 1 is 1.03 bits per heavy atom. The lowest BCUT2D eigenvalue weighted by Gasteiger charge is -2.53. The number of piperidine rings is 4. The van der Waals surface area contributed by atoms with Gasteiger partial charge in [0, 0.05) is 57.4 Å². The molecule has 4 aliphatic heterocycles. The number of urea groups is 1. The number of nitrogens with one attached hydrogen (secondary N) is 1. The lowest BCUT2D eigenvalue weighted by molar-refractivity contribution is -0.144. The van der Waals surface area contributed by atoms with Crippen LogP contribution in [-0.4, -0.2) is 82.3 Å². The SMILES string of the molecule is O=C(NC1CCN(C(=O)N2C[C@H]3C[C@H](C2)[C@H]2CCCC(=O)N2C3)CC1)c1ccccn1. The number of likely N-dealkylation sites (tertiary alicyclic amines) is 2. The molecular weight excluding hydrogens is 394 g/mol. The molecule has 8 heteroatoms. The van der Waals surface area contributed by atoms with Crippen molar-refractivity contribution < 1.29 is 14.4 Å². The van der Waals surface area contributed by atoms with Crippen LogP contribution in [0, 0.1) is 11.8 Å².